The molecule has 0 atom stereocenters. The van der Waals surface area contributed by atoms with Crippen LogP contribution in [0, 0.1) is 0 Å². The molecule has 0 heterocycles. The lowest BCUT2D eigenvalue weighted by molar-refractivity contribution is 0.306. The Morgan fingerprint density at radius 3 is 1.03 bits per heavy atom. The van der Waals surface area contributed by atoms with Crippen molar-refractivity contribution in [1.29, 1.82) is 0 Å². The van der Waals surface area contributed by atoms with Gasteiger partial charge in [0.2, 0.25) is 0 Å². The Bertz CT molecular complexity index is 827. The maximum atomic E-state index is 6.45. The van der Waals surface area contributed by atoms with E-state index in [2.05, 4.69) is 62.4 Å². The first-order chi connectivity index (χ1) is 16.9. The maximum Gasteiger partial charge on any atom is 0.135 e. The van der Waals surface area contributed by atoms with E-state index in [9.17, 15) is 0 Å². The summed E-state index contributed by atoms with van der Waals surface area (Å²) in [4.78, 5) is 0. The largest absolute Gasteiger partial charge is 0.492 e. The molecule has 0 N–H and O–H groups in total. The zero-order valence-corrected chi connectivity index (χ0v) is 21.7. The number of benzene rings is 3. The van der Waals surface area contributed by atoms with Gasteiger partial charge in [-0.05, 0) is 12.8 Å². The molecule has 3 aromatic carbocycles. The van der Waals surface area contributed by atoms with Crippen molar-refractivity contribution >= 4 is 21.5 Å². The summed E-state index contributed by atoms with van der Waals surface area (Å²) in [7, 11) is 0. The summed E-state index contributed by atoms with van der Waals surface area (Å²) in [6.45, 7) is 6.10. The number of hydrogen-bond donors (Lipinski definition) is 0. The van der Waals surface area contributed by atoms with Crippen LogP contribution in [0.5, 0.6) is 11.5 Å². The summed E-state index contributed by atoms with van der Waals surface area (Å²) < 4.78 is 12.9. The fraction of sp³-hybridized carbons (Fsp3) is 0.562. The molecule has 0 spiro atoms. The van der Waals surface area contributed by atoms with E-state index < -0.39 is 0 Å². The van der Waals surface area contributed by atoms with E-state index in [1.54, 1.807) is 0 Å². The zero-order valence-electron chi connectivity index (χ0n) is 21.7. The fourth-order valence-corrected chi connectivity index (χ4v) is 4.83. The van der Waals surface area contributed by atoms with Crippen molar-refractivity contribution in [3.63, 3.8) is 0 Å². The van der Waals surface area contributed by atoms with Gasteiger partial charge in [-0.25, -0.2) is 0 Å². The molecule has 3 rings (SSSR count). The maximum absolute atomic E-state index is 6.45. The van der Waals surface area contributed by atoms with Gasteiger partial charge in [0.1, 0.15) is 11.5 Å². The topological polar surface area (TPSA) is 18.5 Å². The molecule has 186 valence electrons. The van der Waals surface area contributed by atoms with Crippen molar-refractivity contribution in [2.75, 3.05) is 13.2 Å². The van der Waals surface area contributed by atoms with Crippen LogP contribution in [-0.2, 0) is 0 Å². The number of rotatable bonds is 18. The monoisotopic (exact) mass is 462 g/mol. The first kappa shape index (κ1) is 26.4. The highest BCUT2D eigenvalue weighted by Gasteiger charge is 2.15. The highest BCUT2D eigenvalue weighted by Crippen LogP contribution is 2.42. The number of ether oxygens (including phenoxy) is 2. The Kier molecular flexibility index (Phi) is 12.1. The van der Waals surface area contributed by atoms with E-state index in [1.165, 1.54) is 98.6 Å². The van der Waals surface area contributed by atoms with Crippen LogP contribution in [0.1, 0.15) is 104 Å². The standard InChI is InChI=1S/C32H46O2/c1-3-5-7-9-11-13-19-25-33-31-27-21-15-17-23-29(27)32(30-24-18-16-22-28(30)31)34-26-20-14-12-10-8-6-4-2/h15-18,21-24H,3-14,19-20,25-26H2,1-2H3. The van der Waals surface area contributed by atoms with Crippen LogP contribution in [-0.4, -0.2) is 13.2 Å². The highest BCUT2D eigenvalue weighted by atomic mass is 16.5. The lowest BCUT2D eigenvalue weighted by Gasteiger charge is -2.18. The third kappa shape index (κ3) is 7.93. The molecular weight excluding hydrogens is 416 g/mol. The number of hydrogen-bond acceptors (Lipinski definition) is 2. The second kappa shape index (κ2) is 15.6. The molecular formula is C32H46O2. The lowest BCUT2D eigenvalue weighted by Crippen LogP contribution is -2.02. The van der Waals surface area contributed by atoms with Crippen molar-refractivity contribution in [2.24, 2.45) is 0 Å². The Labute approximate surface area is 208 Å². The highest BCUT2D eigenvalue weighted by molar-refractivity contribution is 6.11. The Morgan fingerprint density at radius 2 is 0.706 bits per heavy atom. The zero-order chi connectivity index (χ0) is 23.8. The van der Waals surface area contributed by atoms with Crippen LogP contribution in [0.25, 0.3) is 21.5 Å². The van der Waals surface area contributed by atoms with Crippen molar-refractivity contribution in [1.82, 2.24) is 0 Å². The first-order valence-corrected chi connectivity index (χ1v) is 14.1. The van der Waals surface area contributed by atoms with Crippen LogP contribution >= 0.6 is 0 Å². The van der Waals surface area contributed by atoms with Gasteiger partial charge in [-0.1, -0.05) is 139 Å². The molecule has 0 fully saturated rings. The summed E-state index contributed by atoms with van der Waals surface area (Å²) in [5, 5.41) is 4.66. The number of unbranched alkanes of at least 4 members (excludes halogenated alkanes) is 12. The third-order valence-corrected chi connectivity index (χ3v) is 6.82. The summed E-state index contributed by atoms with van der Waals surface area (Å²) in [5.74, 6) is 2.03. The van der Waals surface area contributed by atoms with E-state index in [-0.39, 0.29) is 0 Å². The molecule has 2 heteroatoms. The SMILES string of the molecule is CCCCCCCCCOc1c2ccccc2c(OCCCCCCCCC)c2ccccc12. The Morgan fingerprint density at radius 1 is 0.412 bits per heavy atom. The van der Waals surface area contributed by atoms with Crippen molar-refractivity contribution < 1.29 is 9.47 Å². The lowest BCUT2D eigenvalue weighted by atomic mass is 10.0. The molecule has 2 nitrogen and oxygen atoms in total. The summed E-state index contributed by atoms with van der Waals surface area (Å²) in [6.07, 6.45) is 18.1. The van der Waals surface area contributed by atoms with E-state index in [0.29, 0.717) is 0 Å². The van der Waals surface area contributed by atoms with Gasteiger partial charge in [-0.3, -0.25) is 0 Å². The second-order valence-electron chi connectivity index (χ2n) is 9.69. The van der Waals surface area contributed by atoms with Crippen LogP contribution in [0.3, 0.4) is 0 Å². The average Bonchev–Trinajstić information content (AvgIpc) is 2.87. The molecule has 0 aliphatic carbocycles. The van der Waals surface area contributed by atoms with Crippen molar-refractivity contribution in [3.8, 4) is 11.5 Å². The molecule has 0 aliphatic heterocycles. The molecule has 0 unspecified atom stereocenters. The minimum atomic E-state index is 0.778. The Balaban J connectivity index is 1.65. The van der Waals surface area contributed by atoms with E-state index in [1.807, 2.05) is 0 Å². The summed E-state index contributed by atoms with van der Waals surface area (Å²) in [5.41, 5.74) is 0. The molecule has 0 saturated heterocycles. The third-order valence-electron chi connectivity index (χ3n) is 6.82. The molecule has 0 amide bonds. The van der Waals surface area contributed by atoms with Gasteiger partial charge < -0.3 is 9.47 Å². The van der Waals surface area contributed by atoms with E-state index in [0.717, 1.165) is 37.6 Å². The molecule has 0 aliphatic rings. The van der Waals surface area contributed by atoms with Gasteiger partial charge in [0.05, 0.1) is 13.2 Å². The van der Waals surface area contributed by atoms with Crippen molar-refractivity contribution in [2.45, 2.75) is 104 Å². The van der Waals surface area contributed by atoms with Gasteiger partial charge in [0, 0.05) is 21.5 Å². The first-order valence-electron chi connectivity index (χ1n) is 14.1. The van der Waals surface area contributed by atoms with Crippen LogP contribution in [0.4, 0.5) is 0 Å². The van der Waals surface area contributed by atoms with Gasteiger partial charge in [0.15, 0.2) is 0 Å². The molecule has 0 radical (unpaired) electrons. The molecule has 0 bridgehead atoms. The van der Waals surface area contributed by atoms with Crippen LogP contribution in [0.15, 0.2) is 48.5 Å². The average molecular weight is 463 g/mol. The summed E-state index contributed by atoms with van der Waals surface area (Å²) in [6, 6.07) is 17.2. The van der Waals surface area contributed by atoms with Gasteiger partial charge >= 0.3 is 0 Å². The predicted octanol–water partition coefficient (Wildman–Crippen LogP) is 10.3. The predicted molar refractivity (Wildman–Crippen MR) is 148 cm³/mol. The van der Waals surface area contributed by atoms with Crippen LogP contribution < -0.4 is 9.47 Å². The number of fused-ring (bicyclic) bond motifs is 2. The quantitative estimate of drug-likeness (QED) is 0.138. The van der Waals surface area contributed by atoms with Crippen molar-refractivity contribution in [3.05, 3.63) is 48.5 Å². The fourth-order valence-electron chi connectivity index (χ4n) is 4.83. The van der Waals surface area contributed by atoms with Crippen LogP contribution in [0.2, 0.25) is 0 Å². The minimum Gasteiger partial charge on any atom is -0.492 e. The molecule has 0 saturated carbocycles. The second-order valence-corrected chi connectivity index (χ2v) is 9.69. The van der Waals surface area contributed by atoms with E-state index in [4.69, 9.17) is 9.47 Å². The molecule has 0 aromatic heterocycles. The molecule has 34 heavy (non-hydrogen) atoms. The summed E-state index contributed by atoms with van der Waals surface area (Å²) >= 11 is 0. The van der Waals surface area contributed by atoms with Gasteiger partial charge in [-0.2, -0.15) is 0 Å². The van der Waals surface area contributed by atoms with Gasteiger partial charge in [-0.15, -0.1) is 0 Å². The molecule has 3 aromatic rings. The normalized spacial score (nSPS) is 11.4. The van der Waals surface area contributed by atoms with Gasteiger partial charge in [0.25, 0.3) is 0 Å². The van der Waals surface area contributed by atoms with E-state index >= 15 is 0 Å². The minimum absolute atomic E-state index is 0.778. The smallest absolute Gasteiger partial charge is 0.135 e. The Hall–Kier alpha value is -2.22.